The molecule has 0 atom stereocenters. The monoisotopic (exact) mass is 305 g/mol. The van der Waals surface area contributed by atoms with E-state index in [4.69, 9.17) is 4.74 Å². The first-order valence-corrected chi connectivity index (χ1v) is 8.84. The Morgan fingerprint density at radius 3 is 2.89 bits per heavy atom. The van der Waals surface area contributed by atoms with E-state index < -0.39 is 9.84 Å². The Bertz CT molecular complexity index is 487. The zero-order valence-electron chi connectivity index (χ0n) is 11.0. The zero-order valence-corrected chi connectivity index (χ0v) is 12.6. The van der Waals surface area contributed by atoms with Gasteiger partial charge >= 0.3 is 0 Å². The Labute approximate surface area is 117 Å². The van der Waals surface area contributed by atoms with E-state index >= 15 is 0 Å². The normalized spacial score (nSPS) is 18.7. The fourth-order valence-corrected chi connectivity index (χ4v) is 3.95. The summed E-state index contributed by atoms with van der Waals surface area (Å²) in [5.74, 6) is 0.460. The van der Waals surface area contributed by atoms with Crippen LogP contribution in [0.25, 0.3) is 0 Å². The lowest BCUT2D eigenvalue weighted by Gasteiger charge is -2.25. The van der Waals surface area contributed by atoms with E-state index in [1.54, 1.807) is 18.4 Å². The van der Waals surface area contributed by atoms with E-state index in [0.717, 1.165) is 23.1 Å². The second-order valence-electron chi connectivity index (χ2n) is 4.42. The van der Waals surface area contributed by atoms with Gasteiger partial charge in [0.25, 0.3) is 0 Å². The minimum Gasteiger partial charge on any atom is -0.383 e. The maximum absolute atomic E-state index is 11.4. The van der Waals surface area contributed by atoms with Gasteiger partial charge in [0.15, 0.2) is 15.0 Å². The van der Waals surface area contributed by atoms with Crippen LogP contribution in [-0.4, -0.2) is 58.3 Å². The molecular formula is C11H19N3O3S2. The molecule has 19 heavy (non-hydrogen) atoms. The molecule has 1 aromatic heterocycles. The van der Waals surface area contributed by atoms with Gasteiger partial charge in [-0.3, -0.25) is 0 Å². The Kier molecular flexibility index (Phi) is 5.14. The van der Waals surface area contributed by atoms with Crippen molar-refractivity contribution >= 4 is 26.3 Å². The van der Waals surface area contributed by atoms with Crippen LogP contribution in [-0.2, 0) is 21.1 Å². The van der Waals surface area contributed by atoms with Crippen LogP contribution in [0.15, 0.2) is 6.20 Å². The number of thiazole rings is 1. The van der Waals surface area contributed by atoms with Crippen LogP contribution in [0.5, 0.6) is 0 Å². The average molecular weight is 305 g/mol. The number of rotatable bonds is 6. The highest BCUT2D eigenvalue weighted by molar-refractivity contribution is 7.91. The first-order valence-electron chi connectivity index (χ1n) is 6.20. The topological polar surface area (TPSA) is 71.5 Å². The zero-order chi connectivity index (χ0) is 13.7. The van der Waals surface area contributed by atoms with E-state index in [0.29, 0.717) is 19.7 Å². The van der Waals surface area contributed by atoms with Crippen molar-refractivity contribution in [2.24, 2.45) is 0 Å². The van der Waals surface area contributed by atoms with Crippen LogP contribution in [0.4, 0.5) is 5.13 Å². The van der Waals surface area contributed by atoms with Crippen molar-refractivity contribution in [2.75, 3.05) is 49.8 Å². The van der Waals surface area contributed by atoms with Gasteiger partial charge in [-0.05, 0) is 0 Å². The molecule has 1 fully saturated rings. The maximum Gasteiger partial charge on any atom is 0.185 e. The molecule has 8 heteroatoms. The summed E-state index contributed by atoms with van der Waals surface area (Å²) < 4.78 is 27.7. The SMILES string of the molecule is COCCNCc1cnc(N2CCS(=O)(=O)CC2)s1. The van der Waals surface area contributed by atoms with Crippen molar-refractivity contribution in [3.8, 4) is 0 Å². The molecule has 0 aliphatic carbocycles. The fourth-order valence-electron chi connectivity index (χ4n) is 1.81. The van der Waals surface area contributed by atoms with E-state index in [9.17, 15) is 8.42 Å². The number of hydrogen-bond donors (Lipinski definition) is 1. The Morgan fingerprint density at radius 1 is 1.47 bits per heavy atom. The number of aromatic nitrogens is 1. The number of sulfone groups is 1. The van der Waals surface area contributed by atoms with Gasteiger partial charge in [0.1, 0.15) is 0 Å². The van der Waals surface area contributed by atoms with Crippen LogP contribution in [0.2, 0.25) is 0 Å². The molecule has 0 radical (unpaired) electrons. The first kappa shape index (κ1) is 14.7. The lowest BCUT2D eigenvalue weighted by Crippen LogP contribution is -2.40. The van der Waals surface area contributed by atoms with Gasteiger partial charge in [-0.2, -0.15) is 0 Å². The van der Waals surface area contributed by atoms with Crippen LogP contribution in [0.1, 0.15) is 4.88 Å². The van der Waals surface area contributed by atoms with Crippen molar-refractivity contribution in [1.29, 1.82) is 0 Å². The van der Waals surface area contributed by atoms with Gasteiger partial charge < -0.3 is 15.0 Å². The van der Waals surface area contributed by atoms with Gasteiger partial charge in [0, 0.05) is 44.4 Å². The summed E-state index contributed by atoms with van der Waals surface area (Å²) >= 11 is 1.61. The Hall–Kier alpha value is -0.700. The van der Waals surface area contributed by atoms with Gasteiger partial charge in [0.05, 0.1) is 18.1 Å². The second-order valence-corrected chi connectivity index (χ2v) is 7.81. The lowest BCUT2D eigenvalue weighted by atomic mass is 10.5. The second kappa shape index (κ2) is 6.65. The predicted molar refractivity (Wildman–Crippen MR) is 76.6 cm³/mol. The summed E-state index contributed by atoms with van der Waals surface area (Å²) in [6.45, 7) is 3.37. The molecule has 0 aromatic carbocycles. The molecule has 0 amide bonds. The van der Waals surface area contributed by atoms with E-state index in [1.807, 2.05) is 11.1 Å². The van der Waals surface area contributed by atoms with Gasteiger partial charge in [-0.25, -0.2) is 13.4 Å². The van der Waals surface area contributed by atoms with E-state index in [-0.39, 0.29) is 11.5 Å². The summed E-state index contributed by atoms with van der Waals surface area (Å²) in [6.07, 6.45) is 1.85. The van der Waals surface area contributed by atoms with Crippen molar-refractivity contribution < 1.29 is 13.2 Å². The molecule has 2 rings (SSSR count). The van der Waals surface area contributed by atoms with Crippen LogP contribution >= 0.6 is 11.3 Å². The van der Waals surface area contributed by atoms with Gasteiger partial charge in [0.2, 0.25) is 0 Å². The van der Waals surface area contributed by atoms with Gasteiger partial charge in [-0.15, -0.1) is 11.3 Å². The quantitative estimate of drug-likeness (QED) is 0.753. The van der Waals surface area contributed by atoms with Gasteiger partial charge in [-0.1, -0.05) is 0 Å². The smallest absolute Gasteiger partial charge is 0.185 e. The van der Waals surface area contributed by atoms with E-state index in [2.05, 4.69) is 10.3 Å². The van der Waals surface area contributed by atoms with Crippen LogP contribution in [0.3, 0.4) is 0 Å². The lowest BCUT2D eigenvalue weighted by molar-refractivity contribution is 0.199. The minimum atomic E-state index is -2.83. The molecule has 1 saturated heterocycles. The number of ether oxygens (including phenoxy) is 1. The maximum atomic E-state index is 11.4. The standard InChI is InChI=1S/C11H19N3O3S2/c1-17-5-2-12-8-10-9-13-11(18-10)14-3-6-19(15,16)7-4-14/h9,12H,2-8H2,1H3. The Balaban J connectivity index is 1.84. The summed E-state index contributed by atoms with van der Waals surface area (Å²) in [4.78, 5) is 7.56. The predicted octanol–water partition coefficient (Wildman–Crippen LogP) is 0.114. The molecule has 2 heterocycles. The highest BCUT2D eigenvalue weighted by Gasteiger charge is 2.23. The number of nitrogens with one attached hydrogen (secondary N) is 1. The van der Waals surface area contributed by atoms with Crippen molar-refractivity contribution in [3.63, 3.8) is 0 Å². The molecule has 0 unspecified atom stereocenters. The summed E-state index contributed by atoms with van der Waals surface area (Å²) in [6, 6.07) is 0. The van der Waals surface area contributed by atoms with Crippen molar-refractivity contribution in [2.45, 2.75) is 6.54 Å². The Morgan fingerprint density at radius 2 is 2.21 bits per heavy atom. The third kappa shape index (κ3) is 4.41. The molecule has 0 saturated carbocycles. The molecule has 1 aliphatic rings. The summed E-state index contributed by atoms with van der Waals surface area (Å²) in [5.41, 5.74) is 0. The third-order valence-electron chi connectivity index (χ3n) is 2.94. The molecule has 0 bridgehead atoms. The number of nitrogens with zero attached hydrogens (tertiary/aromatic N) is 2. The first-order chi connectivity index (χ1) is 9.11. The molecule has 108 valence electrons. The number of hydrogen-bond acceptors (Lipinski definition) is 7. The molecule has 0 spiro atoms. The largest absolute Gasteiger partial charge is 0.383 e. The van der Waals surface area contributed by atoms with Crippen molar-refractivity contribution in [1.82, 2.24) is 10.3 Å². The van der Waals surface area contributed by atoms with Crippen molar-refractivity contribution in [3.05, 3.63) is 11.1 Å². The van der Waals surface area contributed by atoms with Crippen LogP contribution < -0.4 is 10.2 Å². The molecule has 1 aliphatic heterocycles. The third-order valence-corrected chi connectivity index (χ3v) is 5.61. The summed E-state index contributed by atoms with van der Waals surface area (Å²) in [7, 11) is -1.15. The minimum absolute atomic E-state index is 0.230. The molecule has 6 nitrogen and oxygen atoms in total. The van der Waals surface area contributed by atoms with Crippen LogP contribution in [0, 0.1) is 0 Å². The molecule has 1 aromatic rings. The number of anilines is 1. The highest BCUT2D eigenvalue weighted by Crippen LogP contribution is 2.23. The van der Waals surface area contributed by atoms with E-state index in [1.165, 1.54) is 0 Å². The average Bonchev–Trinajstić information content (AvgIpc) is 2.83. The fraction of sp³-hybridized carbons (Fsp3) is 0.727. The highest BCUT2D eigenvalue weighted by atomic mass is 32.2. The summed E-state index contributed by atoms with van der Waals surface area (Å²) in [5, 5.41) is 4.18. The molecular weight excluding hydrogens is 286 g/mol. The number of methoxy groups -OCH3 is 1. The molecule has 1 N–H and O–H groups in total.